The molecular formula is C16H24O4. The van der Waals surface area contributed by atoms with Crippen molar-refractivity contribution in [1.82, 2.24) is 0 Å². The lowest BCUT2D eigenvalue weighted by molar-refractivity contribution is -0.166. The minimum Gasteiger partial charge on any atom is -0.455 e. The molecule has 0 amide bonds. The van der Waals surface area contributed by atoms with E-state index in [0.717, 1.165) is 25.7 Å². The SMILES string of the molecule is CC=C(C)C(=O)OC1CCCCC1OC(=O)C(C)=CC. The van der Waals surface area contributed by atoms with E-state index in [-0.39, 0.29) is 24.1 Å². The zero-order valence-electron chi connectivity index (χ0n) is 12.8. The highest BCUT2D eigenvalue weighted by Crippen LogP contribution is 2.25. The van der Waals surface area contributed by atoms with Gasteiger partial charge in [0, 0.05) is 11.1 Å². The number of carbonyl (C=O) groups excluding carboxylic acids is 2. The number of hydrogen-bond donors (Lipinski definition) is 0. The average Bonchev–Trinajstić information content (AvgIpc) is 2.47. The van der Waals surface area contributed by atoms with Crippen molar-refractivity contribution in [3.05, 3.63) is 23.3 Å². The van der Waals surface area contributed by atoms with Crippen LogP contribution in [0.15, 0.2) is 23.3 Å². The van der Waals surface area contributed by atoms with Crippen LogP contribution in [0.1, 0.15) is 53.4 Å². The van der Waals surface area contributed by atoms with Gasteiger partial charge in [-0.05, 0) is 53.4 Å². The Labute approximate surface area is 120 Å². The van der Waals surface area contributed by atoms with Gasteiger partial charge in [-0.25, -0.2) is 9.59 Å². The van der Waals surface area contributed by atoms with Gasteiger partial charge >= 0.3 is 11.9 Å². The summed E-state index contributed by atoms with van der Waals surface area (Å²) in [6.07, 6.45) is 6.24. The second-order valence-electron chi connectivity index (χ2n) is 5.12. The highest BCUT2D eigenvalue weighted by molar-refractivity contribution is 5.88. The first-order valence-corrected chi connectivity index (χ1v) is 7.17. The molecule has 0 N–H and O–H groups in total. The molecule has 1 rings (SSSR count). The van der Waals surface area contributed by atoms with Gasteiger partial charge in [-0.3, -0.25) is 0 Å². The minimum atomic E-state index is -0.334. The summed E-state index contributed by atoms with van der Waals surface area (Å²) in [7, 11) is 0. The summed E-state index contributed by atoms with van der Waals surface area (Å²) in [6, 6.07) is 0. The van der Waals surface area contributed by atoms with Gasteiger partial charge < -0.3 is 9.47 Å². The van der Waals surface area contributed by atoms with Crippen LogP contribution in [0, 0.1) is 0 Å². The topological polar surface area (TPSA) is 52.6 Å². The van der Waals surface area contributed by atoms with Crippen molar-refractivity contribution in [3.8, 4) is 0 Å². The third-order valence-corrected chi connectivity index (χ3v) is 3.67. The van der Waals surface area contributed by atoms with Gasteiger partial charge in [-0.1, -0.05) is 12.2 Å². The Morgan fingerprint density at radius 2 is 1.20 bits per heavy atom. The maximum atomic E-state index is 11.8. The van der Waals surface area contributed by atoms with Crippen molar-refractivity contribution in [2.75, 3.05) is 0 Å². The Balaban J connectivity index is 2.67. The predicted molar refractivity (Wildman–Crippen MR) is 77.1 cm³/mol. The first kappa shape index (κ1) is 16.5. The van der Waals surface area contributed by atoms with Gasteiger partial charge in [0.15, 0.2) is 0 Å². The molecule has 1 saturated carbocycles. The van der Waals surface area contributed by atoms with Crippen LogP contribution < -0.4 is 0 Å². The highest BCUT2D eigenvalue weighted by Gasteiger charge is 2.31. The summed E-state index contributed by atoms with van der Waals surface area (Å²) in [4.78, 5) is 23.6. The Morgan fingerprint density at radius 3 is 1.50 bits per heavy atom. The maximum absolute atomic E-state index is 11.8. The smallest absolute Gasteiger partial charge is 0.333 e. The molecule has 0 heterocycles. The molecule has 0 aromatic rings. The van der Waals surface area contributed by atoms with E-state index in [2.05, 4.69) is 0 Å². The second kappa shape index (κ2) is 7.88. The molecule has 2 atom stereocenters. The number of hydrogen-bond acceptors (Lipinski definition) is 4. The van der Waals surface area contributed by atoms with Crippen molar-refractivity contribution >= 4 is 11.9 Å². The monoisotopic (exact) mass is 280 g/mol. The lowest BCUT2D eigenvalue weighted by Crippen LogP contribution is -2.38. The van der Waals surface area contributed by atoms with Crippen LogP contribution >= 0.6 is 0 Å². The van der Waals surface area contributed by atoms with E-state index in [1.165, 1.54) is 0 Å². The molecule has 0 aromatic carbocycles. The minimum absolute atomic E-state index is 0.330. The molecule has 1 aliphatic carbocycles. The standard InChI is InChI=1S/C16H24O4/c1-5-11(3)15(17)19-13-9-7-8-10-14(13)20-16(18)12(4)6-2/h5-6,13-14H,7-10H2,1-4H3. The third kappa shape index (κ3) is 4.51. The number of ether oxygens (including phenoxy) is 2. The van der Waals surface area contributed by atoms with E-state index < -0.39 is 0 Å². The molecule has 20 heavy (non-hydrogen) atoms. The summed E-state index contributed by atoms with van der Waals surface area (Å²) in [5.41, 5.74) is 1.15. The van der Waals surface area contributed by atoms with Gasteiger partial charge in [0.2, 0.25) is 0 Å². The third-order valence-electron chi connectivity index (χ3n) is 3.67. The van der Waals surface area contributed by atoms with E-state index >= 15 is 0 Å². The number of esters is 2. The van der Waals surface area contributed by atoms with E-state index in [4.69, 9.17) is 9.47 Å². The number of carbonyl (C=O) groups is 2. The normalized spacial score (nSPS) is 24.2. The maximum Gasteiger partial charge on any atom is 0.333 e. The first-order valence-electron chi connectivity index (χ1n) is 7.17. The van der Waals surface area contributed by atoms with E-state index in [1.807, 2.05) is 0 Å². The Morgan fingerprint density at radius 1 is 0.850 bits per heavy atom. The molecule has 0 aromatic heterocycles. The molecule has 2 unspecified atom stereocenters. The van der Waals surface area contributed by atoms with Gasteiger partial charge in [0.1, 0.15) is 12.2 Å². The summed E-state index contributed by atoms with van der Waals surface area (Å²) < 4.78 is 10.9. The molecule has 0 bridgehead atoms. The fourth-order valence-corrected chi connectivity index (χ4v) is 2.03. The Hall–Kier alpha value is -1.58. The summed E-state index contributed by atoms with van der Waals surface area (Å²) in [5, 5.41) is 0. The number of rotatable bonds is 4. The van der Waals surface area contributed by atoms with Crippen molar-refractivity contribution < 1.29 is 19.1 Å². The molecular weight excluding hydrogens is 256 g/mol. The van der Waals surface area contributed by atoms with Crippen LogP contribution in [0.5, 0.6) is 0 Å². The molecule has 0 aliphatic heterocycles. The predicted octanol–water partition coefficient (Wildman–Crippen LogP) is 3.32. The molecule has 0 radical (unpaired) electrons. The van der Waals surface area contributed by atoms with Gasteiger partial charge in [0.25, 0.3) is 0 Å². The van der Waals surface area contributed by atoms with E-state index in [1.54, 1.807) is 39.8 Å². The van der Waals surface area contributed by atoms with Crippen LogP contribution in [0.2, 0.25) is 0 Å². The lowest BCUT2D eigenvalue weighted by atomic mass is 9.94. The van der Waals surface area contributed by atoms with Crippen LogP contribution in [-0.2, 0) is 19.1 Å². The van der Waals surface area contributed by atoms with Crippen LogP contribution in [-0.4, -0.2) is 24.1 Å². The fourth-order valence-electron chi connectivity index (χ4n) is 2.03. The molecule has 4 heteroatoms. The van der Waals surface area contributed by atoms with E-state index in [9.17, 15) is 9.59 Å². The molecule has 4 nitrogen and oxygen atoms in total. The molecule has 1 aliphatic rings. The largest absolute Gasteiger partial charge is 0.455 e. The Kier molecular flexibility index (Phi) is 6.49. The first-order chi connectivity index (χ1) is 9.49. The van der Waals surface area contributed by atoms with Crippen molar-refractivity contribution in [2.45, 2.75) is 65.6 Å². The summed E-state index contributed by atoms with van der Waals surface area (Å²) >= 11 is 0. The zero-order valence-corrected chi connectivity index (χ0v) is 12.8. The summed E-state index contributed by atoms with van der Waals surface area (Å²) in [6.45, 7) is 7.03. The average molecular weight is 280 g/mol. The van der Waals surface area contributed by atoms with Crippen molar-refractivity contribution in [3.63, 3.8) is 0 Å². The quantitative estimate of drug-likeness (QED) is 0.585. The van der Waals surface area contributed by atoms with Crippen molar-refractivity contribution in [2.24, 2.45) is 0 Å². The van der Waals surface area contributed by atoms with Crippen LogP contribution in [0.25, 0.3) is 0 Å². The molecule has 0 spiro atoms. The molecule has 0 saturated heterocycles. The van der Waals surface area contributed by atoms with Gasteiger partial charge in [0.05, 0.1) is 0 Å². The van der Waals surface area contributed by atoms with Crippen LogP contribution in [0.4, 0.5) is 0 Å². The molecule has 112 valence electrons. The highest BCUT2D eigenvalue weighted by atomic mass is 16.6. The second-order valence-corrected chi connectivity index (χ2v) is 5.12. The fraction of sp³-hybridized carbons (Fsp3) is 0.625. The lowest BCUT2D eigenvalue weighted by Gasteiger charge is -2.30. The van der Waals surface area contributed by atoms with Gasteiger partial charge in [-0.2, -0.15) is 0 Å². The number of allylic oxidation sites excluding steroid dienone is 2. The van der Waals surface area contributed by atoms with Crippen molar-refractivity contribution in [1.29, 1.82) is 0 Å². The van der Waals surface area contributed by atoms with Gasteiger partial charge in [-0.15, -0.1) is 0 Å². The van der Waals surface area contributed by atoms with E-state index in [0.29, 0.717) is 11.1 Å². The zero-order chi connectivity index (χ0) is 15.1. The Bertz CT molecular complexity index is 380. The summed E-state index contributed by atoms with van der Waals surface area (Å²) in [5.74, 6) is -0.661. The van der Waals surface area contributed by atoms with Crippen LogP contribution in [0.3, 0.4) is 0 Å². The molecule has 1 fully saturated rings.